The van der Waals surface area contributed by atoms with Gasteiger partial charge in [-0.15, -0.1) is 0 Å². The molecule has 0 bridgehead atoms. The molecule has 61 heavy (non-hydrogen) atoms. The van der Waals surface area contributed by atoms with Crippen molar-refractivity contribution in [3.05, 3.63) is 212 Å². The number of nitrogens with zero attached hydrogens (tertiary/aromatic N) is 3. The van der Waals surface area contributed by atoms with Crippen LogP contribution in [-0.4, -0.2) is 15.0 Å². The molecule has 0 amide bonds. The zero-order valence-corrected chi connectivity index (χ0v) is 33.0. The molecule has 4 heteroatoms. The van der Waals surface area contributed by atoms with Crippen LogP contribution in [0, 0.1) is 0 Å². The number of rotatable bonds is 6. The third kappa shape index (κ3) is 5.88. The van der Waals surface area contributed by atoms with E-state index in [-0.39, 0.29) is 0 Å². The van der Waals surface area contributed by atoms with Crippen molar-refractivity contribution < 1.29 is 4.42 Å². The van der Waals surface area contributed by atoms with Crippen molar-refractivity contribution in [1.82, 2.24) is 15.0 Å². The highest BCUT2D eigenvalue weighted by Gasteiger charge is 2.22. The molecule has 284 valence electrons. The predicted octanol–water partition coefficient (Wildman–Crippen LogP) is 15.2. The van der Waals surface area contributed by atoms with E-state index in [1.807, 2.05) is 30.3 Å². The number of benzene rings is 9. The number of fused-ring (bicyclic) bond motifs is 7. The van der Waals surface area contributed by atoms with Gasteiger partial charge < -0.3 is 4.42 Å². The number of pyridine rings is 1. The summed E-state index contributed by atoms with van der Waals surface area (Å²) < 4.78 is 6.69. The number of para-hydroxylation sites is 2. The average molecular weight is 778 g/mol. The summed E-state index contributed by atoms with van der Waals surface area (Å²) in [4.78, 5) is 15.6. The molecule has 3 heterocycles. The topological polar surface area (TPSA) is 51.8 Å². The van der Waals surface area contributed by atoms with Crippen LogP contribution in [0.25, 0.3) is 122 Å². The molecule has 0 atom stereocenters. The lowest BCUT2D eigenvalue weighted by Gasteiger charge is -2.17. The van der Waals surface area contributed by atoms with Gasteiger partial charge in [0.1, 0.15) is 11.2 Å². The van der Waals surface area contributed by atoms with E-state index in [0.29, 0.717) is 5.82 Å². The maximum Gasteiger partial charge on any atom is 0.160 e. The summed E-state index contributed by atoms with van der Waals surface area (Å²) in [6, 6.07) is 74.4. The molecule has 9 aromatic carbocycles. The van der Waals surface area contributed by atoms with Crippen molar-refractivity contribution in [2.24, 2.45) is 0 Å². The van der Waals surface area contributed by atoms with Gasteiger partial charge in [0.2, 0.25) is 0 Å². The summed E-state index contributed by atoms with van der Waals surface area (Å²) in [5.74, 6) is 0.698. The zero-order chi connectivity index (χ0) is 40.3. The number of hydrogen-bond donors (Lipinski definition) is 0. The van der Waals surface area contributed by atoms with Gasteiger partial charge in [0, 0.05) is 54.7 Å². The summed E-state index contributed by atoms with van der Waals surface area (Å²) in [6.45, 7) is 0. The van der Waals surface area contributed by atoms with E-state index in [1.54, 1.807) is 0 Å². The highest BCUT2D eigenvalue weighted by Crippen LogP contribution is 2.47. The van der Waals surface area contributed by atoms with E-state index in [9.17, 15) is 0 Å². The summed E-state index contributed by atoms with van der Waals surface area (Å²) in [7, 11) is 0. The Morgan fingerprint density at radius 1 is 0.311 bits per heavy atom. The third-order valence-electron chi connectivity index (χ3n) is 11.9. The highest BCUT2D eigenvalue weighted by atomic mass is 16.3. The second-order valence-corrected chi connectivity index (χ2v) is 15.5. The van der Waals surface area contributed by atoms with E-state index < -0.39 is 0 Å². The second kappa shape index (κ2) is 14.3. The van der Waals surface area contributed by atoms with Crippen LogP contribution in [0.4, 0.5) is 0 Å². The van der Waals surface area contributed by atoms with Crippen molar-refractivity contribution in [2.45, 2.75) is 0 Å². The number of hydrogen-bond acceptors (Lipinski definition) is 4. The van der Waals surface area contributed by atoms with Crippen LogP contribution in [0.2, 0.25) is 0 Å². The van der Waals surface area contributed by atoms with Gasteiger partial charge in [0.05, 0.1) is 22.6 Å². The van der Waals surface area contributed by atoms with Gasteiger partial charge in [-0.3, -0.25) is 0 Å². The molecule has 0 aliphatic heterocycles. The molecule has 0 fully saturated rings. The fourth-order valence-electron chi connectivity index (χ4n) is 9.10. The fraction of sp³-hybridized carbons (Fsp3) is 0. The molecule has 3 aromatic heterocycles. The van der Waals surface area contributed by atoms with Gasteiger partial charge in [0.15, 0.2) is 5.82 Å². The molecule has 0 N–H and O–H groups in total. The lowest BCUT2D eigenvalue weighted by molar-refractivity contribution is 0.669. The molecule has 0 aliphatic carbocycles. The maximum atomic E-state index is 6.69. The van der Waals surface area contributed by atoms with Gasteiger partial charge in [-0.2, -0.15) is 0 Å². The smallest absolute Gasteiger partial charge is 0.160 e. The Kier molecular flexibility index (Phi) is 8.13. The normalized spacial score (nSPS) is 11.6. The molecule has 12 rings (SSSR count). The van der Waals surface area contributed by atoms with Crippen LogP contribution in [0.3, 0.4) is 0 Å². The Bertz CT molecular complexity index is 3580. The van der Waals surface area contributed by atoms with Crippen molar-refractivity contribution in [3.8, 4) is 67.4 Å². The zero-order valence-electron chi connectivity index (χ0n) is 33.0. The molecule has 0 aliphatic rings. The Labute approximate surface area is 352 Å². The van der Waals surface area contributed by atoms with Crippen LogP contribution in [-0.2, 0) is 0 Å². The van der Waals surface area contributed by atoms with Gasteiger partial charge >= 0.3 is 0 Å². The minimum atomic E-state index is 0.698. The monoisotopic (exact) mass is 777 g/mol. The fourth-order valence-corrected chi connectivity index (χ4v) is 9.10. The minimum Gasteiger partial charge on any atom is -0.456 e. The van der Waals surface area contributed by atoms with E-state index in [4.69, 9.17) is 19.4 Å². The van der Waals surface area contributed by atoms with Crippen molar-refractivity contribution in [2.75, 3.05) is 0 Å². The summed E-state index contributed by atoms with van der Waals surface area (Å²) >= 11 is 0. The number of aromatic nitrogens is 3. The largest absolute Gasteiger partial charge is 0.456 e. The second-order valence-electron chi connectivity index (χ2n) is 15.5. The third-order valence-corrected chi connectivity index (χ3v) is 11.9. The molecular weight excluding hydrogens is 743 g/mol. The maximum absolute atomic E-state index is 6.69. The standard InChI is InChI=1S/C57H35N3O/c1-4-17-36(18-5-1)49-35-50(60-57(59-49)38-21-8-3-9-22-38)44-32-31-41(42-25-10-11-26-43(42)44)39-23-16-24-40(33-39)53-54-45-27-12-14-29-48(45)58-56(37-19-6-2-7-20-37)47(54)34-52-55(53)46-28-13-15-30-51(46)61-52/h1-35H. The molecule has 0 saturated heterocycles. The Morgan fingerprint density at radius 2 is 0.885 bits per heavy atom. The van der Waals surface area contributed by atoms with Crippen LogP contribution in [0.15, 0.2) is 217 Å². The van der Waals surface area contributed by atoms with Crippen LogP contribution in [0.1, 0.15) is 0 Å². The van der Waals surface area contributed by atoms with Crippen LogP contribution in [0.5, 0.6) is 0 Å². The predicted molar refractivity (Wildman–Crippen MR) is 252 cm³/mol. The van der Waals surface area contributed by atoms with Gasteiger partial charge in [-0.25, -0.2) is 15.0 Å². The average Bonchev–Trinajstić information content (AvgIpc) is 3.71. The quantitative estimate of drug-likeness (QED) is 0.158. The van der Waals surface area contributed by atoms with Gasteiger partial charge in [-0.1, -0.05) is 182 Å². The first-order chi connectivity index (χ1) is 30.2. The van der Waals surface area contributed by atoms with E-state index in [1.165, 1.54) is 0 Å². The highest BCUT2D eigenvalue weighted by molar-refractivity contribution is 6.28. The number of furan rings is 1. The summed E-state index contributed by atoms with van der Waals surface area (Å²) in [5.41, 5.74) is 14.0. The molecule has 4 nitrogen and oxygen atoms in total. The van der Waals surface area contributed by atoms with E-state index >= 15 is 0 Å². The lowest BCUT2D eigenvalue weighted by atomic mass is 9.87. The Morgan fingerprint density at radius 3 is 1.66 bits per heavy atom. The Balaban J connectivity index is 1.09. The van der Waals surface area contributed by atoms with E-state index in [0.717, 1.165) is 116 Å². The van der Waals surface area contributed by atoms with Crippen molar-refractivity contribution >= 4 is 54.4 Å². The van der Waals surface area contributed by atoms with Gasteiger partial charge in [-0.05, 0) is 57.8 Å². The first kappa shape index (κ1) is 34.8. The summed E-state index contributed by atoms with van der Waals surface area (Å²) in [6.07, 6.45) is 0. The van der Waals surface area contributed by atoms with Crippen molar-refractivity contribution in [1.29, 1.82) is 0 Å². The molecule has 0 saturated carbocycles. The lowest BCUT2D eigenvalue weighted by Crippen LogP contribution is -1.96. The van der Waals surface area contributed by atoms with E-state index in [2.05, 4.69) is 182 Å². The molecule has 0 unspecified atom stereocenters. The first-order valence-corrected chi connectivity index (χ1v) is 20.6. The van der Waals surface area contributed by atoms with Crippen LogP contribution >= 0.6 is 0 Å². The first-order valence-electron chi connectivity index (χ1n) is 20.6. The van der Waals surface area contributed by atoms with Crippen molar-refractivity contribution in [3.63, 3.8) is 0 Å². The SMILES string of the molecule is c1ccc(-c2cc(-c3ccc(-c4cccc(-c5c6c(cc7c(-c8ccccc8)nc8ccccc8c57)oc5ccccc56)c4)c4ccccc34)nc(-c3ccccc3)n2)cc1. The molecule has 12 aromatic rings. The van der Waals surface area contributed by atoms with Gasteiger partial charge in [0.25, 0.3) is 0 Å². The van der Waals surface area contributed by atoms with Crippen LogP contribution < -0.4 is 0 Å². The Hall–Kier alpha value is -8.21. The molecular formula is C57H35N3O. The molecule has 0 radical (unpaired) electrons. The summed E-state index contributed by atoms with van der Waals surface area (Å²) in [5, 5.41) is 7.79. The minimum absolute atomic E-state index is 0.698. The molecule has 0 spiro atoms.